The maximum atomic E-state index is 12.1. The molecule has 0 saturated heterocycles. The predicted molar refractivity (Wildman–Crippen MR) is 66.3 cm³/mol. The summed E-state index contributed by atoms with van der Waals surface area (Å²) in [4.78, 5) is 12.1. The summed E-state index contributed by atoms with van der Waals surface area (Å²) in [6.07, 6.45) is 3.53. The summed E-state index contributed by atoms with van der Waals surface area (Å²) < 4.78 is 3.68. The van der Waals surface area contributed by atoms with Crippen molar-refractivity contribution in [3.05, 3.63) is 66.1 Å². The van der Waals surface area contributed by atoms with Crippen LogP contribution >= 0.6 is 0 Å². The molecule has 1 aliphatic heterocycles. The van der Waals surface area contributed by atoms with Gasteiger partial charge in [-0.05, 0) is 24.3 Å². The van der Waals surface area contributed by atoms with Gasteiger partial charge in [0.15, 0.2) is 5.82 Å². The zero-order valence-electron chi connectivity index (χ0n) is 9.45. The standard InChI is InChI=1S/C14H9N3O/c18-13-11-9-15-17(10-5-2-1-3-6-10)14(11)16-8-4-7-12(13)16/h1-9H. The average molecular weight is 235 g/mol. The molecular weight excluding hydrogens is 226 g/mol. The molecule has 0 unspecified atom stereocenters. The van der Waals surface area contributed by atoms with Crippen LogP contribution in [0, 0.1) is 0 Å². The van der Waals surface area contributed by atoms with E-state index in [1.807, 2.05) is 53.2 Å². The minimum absolute atomic E-state index is 0.0391. The number of aromatic nitrogens is 3. The average Bonchev–Trinajstić information content (AvgIpc) is 3.08. The van der Waals surface area contributed by atoms with Gasteiger partial charge in [-0.15, -0.1) is 0 Å². The second-order valence-corrected chi connectivity index (χ2v) is 4.22. The van der Waals surface area contributed by atoms with Crippen molar-refractivity contribution in [2.45, 2.75) is 0 Å². The first-order chi connectivity index (χ1) is 8.86. The Hall–Kier alpha value is -2.62. The first-order valence-corrected chi connectivity index (χ1v) is 5.72. The molecule has 0 saturated carbocycles. The third-order valence-electron chi connectivity index (χ3n) is 3.20. The molecule has 3 aromatic rings. The number of carbonyl (C=O) groups excluding carboxylic acids is 1. The van der Waals surface area contributed by atoms with Crippen LogP contribution in [0.1, 0.15) is 16.1 Å². The highest BCUT2D eigenvalue weighted by Crippen LogP contribution is 2.29. The van der Waals surface area contributed by atoms with Gasteiger partial charge < -0.3 is 0 Å². The molecule has 4 rings (SSSR count). The highest BCUT2D eigenvalue weighted by molar-refractivity contribution is 6.13. The van der Waals surface area contributed by atoms with Gasteiger partial charge in [0.2, 0.25) is 5.78 Å². The topological polar surface area (TPSA) is 39.8 Å². The fraction of sp³-hybridized carbons (Fsp3) is 0. The SMILES string of the molecule is O=C1c2cnn(-c3ccccc3)c2-n2cccc21. The van der Waals surface area contributed by atoms with Gasteiger partial charge in [-0.3, -0.25) is 9.36 Å². The molecule has 0 amide bonds. The molecule has 0 bridgehead atoms. The molecule has 4 heteroatoms. The summed E-state index contributed by atoms with van der Waals surface area (Å²) >= 11 is 0. The lowest BCUT2D eigenvalue weighted by atomic mass is 10.2. The summed E-state index contributed by atoms with van der Waals surface area (Å²) in [5, 5.41) is 4.31. The molecular formula is C14H9N3O. The van der Waals surface area contributed by atoms with E-state index in [1.165, 1.54) is 0 Å². The van der Waals surface area contributed by atoms with Gasteiger partial charge in [0.25, 0.3) is 0 Å². The molecule has 0 radical (unpaired) electrons. The zero-order valence-corrected chi connectivity index (χ0v) is 9.45. The second kappa shape index (κ2) is 3.20. The summed E-state index contributed by atoms with van der Waals surface area (Å²) in [5.74, 6) is 0.864. The molecule has 1 aliphatic rings. The van der Waals surface area contributed by atoms with Crippen molar-refractivity contribution in [1.82, 2.24) is 14.3 Å². The Bertz CT molecular complexity index is 752. The van der Waals surface area contributed by atoms with Crippen LogP contribution in [0.25, 0.3) is 11.5 Å². The third kappa shape index (κ3) is 1.04. The van der Waals surface area contributed by atoms with E-state index in [2.05, 4.69) is 5.10 Å². The monoisotopic (exact) mass is 235 g/mol. The quantitative estimate of drug-likeness (QED) is 0.507. The fourth-order valence-electron chi connectivity index (χ4n) is 2.38. The largest absolute Gasteiger partial charge is 0.297 e. The van der Waals surface area contributed by atoms with Crippen LogP contribution in [0.15, 0.2) is 54.9 Å². The lowest BCUT2D eigenvalue weighted by Crippen LogP contribution is -2.03. The van der Waals surface area contributed by atoms with E-state index in [0.717, 1.165) is 11.5 Å². The summed E-state index contributed by atoms with van der Waals surface area (Å²) in [6.45, 7) is 0. The molecule has 0 N–H and O–H groups in total. The maximum Gasteiger partial charge on any atom is 0.215 e. The van der Waals surface area contributed by atoms with Gasteiger partial charge in [0, 0.05) is 6.20 Å². The van der Waals surface area contributed by atoms with E-state index in [-0.39, 0.29) is 5.78 Å². The van der Waals surface area contributed by atoms with E-state index in [4.69, 9.17) is 0 Å². The van der Waals surface area contributed by atoms with Crippen LogP contribution in [0.3, 0.4) is 0 Å². The van der Waals surface area contributed by atoms with E-state index in [0.29, 0.717) is 11.3 Å². The first-order valence-electron chi connectivity index (χ1n) is 5.72. The Morgan fingerprint density at radius 2 is 1.83 bits per heavy atom. The van der Waals surface area contributed by atoms with Crippen molar-refractivity contribution in [3.8, 4) is 11.5 Å². The Kier molecular flexibility index (Phi) is 1.67. The number of rotatable bonds is 1. The van der Waals surface area contributed by atoms with E-state index < -0.39 is 0 Å². The van der Waals surface area contributed by atoms with Gasteiger partial charge in [0.05, 0.1) is 23.1 Å². The van der Waals surface area contributed by atoms with Crippen LogP contribution in [0.2, 0.25) is 0 Å². The number of hydrogen-bond acceptors (Lipinski definition) is 2. The van der Waals surface area contributed by atoms with Crippen LogP contribution in [-0.4, -0.2) is 20.1 Å². The Morgan fingerprint density at radius 3 is 2.67 bits per heavy atom. The number of benzene rings is 1. The molecule has 1 aromatic carbocycles. The predicted octanol–water partition coefficient (Wildman–Crippen LogP) is 2.21. The van der Waals surface area contributed by atoms with Crippen molar-refractivity contribution in [1.29, 1.82) is 0 Å². The lowest BCUT2D eigenvalue weighted by molar-refractivity contribution is 0.104. The van der Waals surface area contributed by atoms with Crippen molar-refractivity contribution >= 4 is 5.78 Å². The molecule has 0 fully saturated rings. The molecule has 3 heterocycles. The number of ketones is 1. The summed E-state index contributed by atoms with van der Waals surface area (Å²) in [5.41, 5.74) is 2.31. The maximum absolute atomic E-state index is 12.1. The van der Waals surface area contributed by atoms with Crippen molar-refractivity contribution < 1.29 is 4.79 Å². The van der Waals surface area contributed by atoms with Gasteiger partial charge in [-0.1, -0.05) is 18.2 Å². The molecule has 0 atom stereocenters. The highest BCUT2D eigenvalue weighted by Gasteiger charge is 2.30. The number of nitrogens with zero attached hydrogens (tertiary/aromatic N) is 3. The normalized spacial score (nSPS) is 12.6. The number of carbonyl (C=O) groups is 1. The highest BCUT2D eigenvalue weighted by atomic mass is 16.1. The lowest BCUT2D eigenvalue weighted by Gasteiger charge is -2.06. The summed E-state index contributed by atoms with van der Waals surface area (Å²) in [7, 11) is 0. The third-order valence-corrected chi connectivity index (χ3v) is 3.20. The number of fused-ring (bicyclic) bond motifs is 3. The molecule has 18 heavy (non-hydrogen) atoms. The van der Waals surface area contributed by atoms with E-state index in [1.54, 1.807) is 10.9 Å². The van der Waals surface area contributed by atoms with Crippen molar-refractivity contribution in [3.63, 3.8) is 0 Å². The van der Waals surface area contributed by atoms with Crippen molar-refractivity contribution in [2.75, 3.05) is 0 Å². The van der Waals surface area contributed by atoms with Crippen LogP contribution in [-0.2, 0) is 0 Å². The molecule has 0 spiro atoms. The van der Waals surface area contributed by atoms with E-state index in [9.17, 15) is 4.79 Å². The second-order valence-electron chi connectivity index (χ2n) is 4.22. The van der Waals surface area contributed by atoms with Crippen LogP contribution in [0.4, 0.5) is 0 Å². The minimum atomic E-state index is 0.0391. The number of hydrogen-bond donors (Lipinski definition) is 0. The van der Waals surface area contributed by atoms with Gasteiger partial charge >= 0.3 is 0 Å². The van der Waals surface area contributed by atoms with Crippen LogP contribution in [0.5, 0.6) is 0 Å². The molecule has 86 valence electrons. The van der Waals surface area contributed by atoms with Crippen molar-refractivity contribution in [2.24, 2.45) is 0 Å². The minimum Gasteiger partial charge on any atom is -0.297 e. The molecule has 4 nitrogen and oxygen atoms in total. The number of para-hydroxylation sites is 1. The van der Waals surface area contributed by atoms with Gasteiger partial charge in [-0.2, -0.15) is 5.10 Å². The molecule has 2 aromatic heterocycles. The Morgan fingerprint density at radius 1 is 1.00 bits per heavy atom. The Labute approximate surface area is 103 Å². The van der Waals surface area contributed by atoms with Gasteiger partial charge in [-0.25, -0.2) is 4.68 Å². The van der Waals surface area contributed by atoms with Gasteiger partial charge in [0.1, 0.15) is 0 Å². The molecule has 0 aliphatic carbocycles. The zero-order chi connectivity index (χ0) is 12.1. The van der Waals surface area contributed by atoms with Crippen LogP contribution < -0.4 is 0 Å². The first kappa shape index (κ1) is 9.41. The van der Waals surface area contributed by atoms with E-state index >= 15 is 0 Å². The fourth-order valence-corrected chi connectivity index (χ4v) is 2.38. The smallest absolute Gasteiger partial charge is 0.215 e. The summed E-state index contributed by atoms with van der Waals surface area (Å²) in [6, 6.07) is 13.5. The Balaban J connectivity index is 2.03.